The van der Waals surface area contributed by atoms with Crippen LogP contribution in [-0.2, 0) is 13.7 Å². The number of aryl methyl sites for hydroxylation is 1. The molecule has 1 heterocycles. The summed E-state index contributed by atoms with van der Waals surface area (Å²) in [7, 11) is 1.60. The molecular weight excluding hydrogens is 274 g/mol. The van der Waals surface area contributed by atoms with Gasteiger partial charge < -0.3 is 9.84 Å². The summed E-state index contributed by atoms with van der Waals surface area (Å²) in [6.45, 7) is 3.55. The third-order valence-electron chi connectivity index (χ3n) is 3.02. The monoisotopic (exact) mass is 291 g/mol. The number of hydrogen-bond donors (Lipinski definition) is 1. The van der Waals surface area contributed by atoms with E-state index in [4.69, 9.17) is 9.84 Å². The van der Waals surface area contributed by atoms with Crippen molar-refractivity contribution < 1.29 is 14.8 Å². The Kier molecular flexibility index (Phi) is 4.23. The van der Waals surface area contributed by atoms with Crippen LogP contribution in [0.4, 0.5) is 5.69 Å². The van der Waals surface area contributed by atoms with E-state index in [-0.39, 0.29) is 24.1 Å². The number of ether oxygens (including phenoxy) is 1. The molecule has 0 radical (unpaired) electrons. The van der Waals surface area contributed by atoms with Crippen LogP contribution in [0.5, 0.6) is 11.6 Å². The van der Waals surface area contributed by atoms with Crippen LogP contribution in [-0.4, -0.2) is 19.8 Å². The van der Waals surface area contributed by atoms with Gasteiger partial charge in [-0.15, -0.1) is 0 Å². The summed E-state index contributed by atoms with van der Waals surface area (Å²) in [5.74, 6) is 0.416. The van der Waals surface area contributed by atoms with Gasteiger partial charge >= 0.3 is 5.69 Å². The highest BCUT2D eigenvalue weighted by Crippen LogP contribution is 2.37. The third kappa shape index (κ3) is 3.03. The second-order valence-electron chi connectivity index (χ2n) is 4.98. The Morgan fingerprint density at radius 3 is 2.76 bits per heavy atom. The molecule has 1 aromatic heterocycles. The maximum atomic E-state index is 11.3. The van der Waals surface area contributed by atoms with Gasteiger partial charge in [-0.2, -0.15) is 5.10 Å². The molecule has 1 aromatic carbocycles. The highest BCUT2D eigenvalue weighted by atomic mass is 16.6. The van der Waals surface area contributed by atoms with E-state index < -0.39 is 4.92 Å². The average Bonchev–Trinajstić information content (AvgIpc) is 2.77. The van der Waals surface area contributed by atoms with Gasteiger partial charge in [0.05, 0.1) is 11.5 Å². The zero-order valence-corrected chi connectivity index (χ0v) is 12.1. The summed E-state index contributed by atoms with van der Waals surface area (Å²) >= 11 is 0. The van der Waals surface area contributed by atoms with E-state index in [0.29, 0.717) is 17.0 Å². The Morgan fingerprint density at radius 2 is 2.19 bits per heavy atom. The SMILES string of the molecule is CC(C)c1nn(C)c(Oc2cccc(CO)c2)c1[N+](=O)[O-]. The molecule has 112 valence electrons. The molecule has 7 heteroatoms. The summed E-state index contributed by atoms with van der Waals surface area (Å²) in [5.41, 5.74) is 0.930. The van der Waals surface area contributed by atoms with E-state index in [1.54, 1.807) is 31.3 Å². The molecule has 0 atom stereocenters. The van der Waals surface area contributed by atoms with Crippen molar-refractivity contribution in [2.45, 2.75) is 26.4 Å². The molecule has 1 N–H and O–H groups in total. The van der Waals surface area contributed by atoms with Gasteiger partial charge in [-0.05, 0) is 17.7 Å². The number of aliphatic hydroxyl groups is 1. The van der Waals surface area contributed by atoms with Crippen molar-refractivity contribution in [2.24, 2.45) is 7.05 Å². The van der Waals surface area contributed by atoms with Crippen LogP contribution >= 0.6 is 0 Å². The van der Waals surface area contributed by atoms with Gasteiger partial charge in [0.1, 0.15) is 11.4 Å². The van der Waals surface area contributed by atoms with Crippen molar-refractivity contribution in [2.75, 3.05) is 0 Å². The van der Waals surface area contributed by atoms with Crippen molar-refractivity contribution in [3.05, 3.63) is 45.6 Å². The first kappa shape index (κ1) is 15.0. The topological polar surface area (TPSA) is 90.4 Å². The molecule has 0 fully saturated rings. The molecule has 21 heavy (non-hydrogen) atoms. The summed E-state index contributed by atoms with van der Waals surface area (Å²) in [5, 5.41) is 24.6. The first-order valence-corrected chi connectivity index (χ1v) is 6.53. The van der Waals surface area contributed by atoms with Crippen molar-refractivity contribution in [3.63, 3.8) is 0 Å². The fourth-order valence-electron chi connectivity index (χ4n) is 2.01. The van der Waals surface area contributed by atoms with E-state index in [0.717, 1.165) is 0 Å². The van der Waals surface area contributed by atoms with E-state index in [2.05, 4.69) is 5.10 Å². The minimum Gasteiger partial charge on any atom is -0.434 e. The second-order valence-corrected chi connectivity index (χ2v) is 4.98. The lowest BCUT2D eigenvalue weighted by molar-refractivity contribution is -0.386. The van der Waals surface area contributed by atoms with E-state index >= 15 is 0 Å². The van der Waals surface area contributed by atoms with Gasteiger partial charge in [0.2, 0.25) is 0 Å². The van der Waals surface area contributed by atoms with Crippen LogP contribution in [0.3, 0.4) is 0 Å². The lowest BCUT2D eigenvalue weighted by Gasteiger charge is -2.06. The summed E-state index contributed by atoms with van der Waals surface area (Å²) < 4.78 is 6.98. The van der Waals surface area contributed by atoms with Gasteiger partial charge in [0, 0.05) is 13.0 Å². The smallest absolute Gasteiger partial charge is 0.354 e. The lowest BCUT2D eigenvalue weighted by atomic mass is 10.1. The number of benzene rings is 1. The van der Waals surface area contributed by atoms with Crippen LogP contribution in [0, 0.1) is 10.1 Å². The van der Waals surface area contributed by atoms with Crippen molar-refractivity contribution in [1.29, 1.82) is 0 Å². The zero-order chi connectivity index (χ0) is 15.6. The number of hydrogen-bond acceptors (Lipinski definition) is 5. The predicted molar refractivity (Wildman–Crippen MR) is 76.4 cm³/mol. The van der Waals surface area contributed by atoms with Crippen LogP contribution < -0.4 is 4.74 Å². The summed E-state index contributed by atoms with van der Waals surface area (Å²) in [6, 6.07) is 6.76. The Labute approximate surface area is 121 Å². The van der Waals surface area contributed by atoms with Crippen LogP contribution in [0.15, 0.2) is 24.3 Å². The standard InChI is InChI=1S/C14H17N3O4/c1-9(2)12-13(17(19)20)14(16(3)15-12)21-11-6-4-5-10(7-11)8-18/h4-7,9,18H,8H2,1-3H3. The lowest BCUT2D eigenvalue weighted by Crippen LogP contribution is -1.98. The highest BCUT2D eigenvalue weighted by Gasteiger charge is 2.30. The predicted octanol–water partition coefficient (Wildman–Crippen LogP) is 2.74. The molecule has 0 amide bonds. The number of nitrogens with zero attached hydrogens (tertiary/aromatic N) is 3. The minimum atomic E-state index is -0.479. The normalized spacial score (nSPS) is 10.9. The molecule has 2 rings (SSSR count). The Morgan fingerprint density at radius 1 is 1.48 bits per heavy atom. The average molecular weight is 291 g/mol. The zero-order valence-electron chi connectivity index (χ0n) is 12.1. The number of rotatable bonds is 5. The first-order valence-electron chi connectivity index (χ1n) is 6.53. The van der Waals surface area contributed by atoms with Gasteiger partial charge in [-0.3, -0.25) is 10.1 Å². The molecule has 0 saturated heterocycles. The van der Waals surface area contributed by atoms with Crippen LogP contribution in [0.25, 0.3) is 0 Å². The molecule has 0 saturated carbocycles. The minimum absolute atomic E-state index is 0.0822. The van der Waals surface area contributed by atoms with Gasteiger partial charge in [-0.25, -0.2) is 4.68 Å². The van der Waals surface area contributed by atoms with E-state index in [1.165, 1.54) is 4.68 Å². The Hall–Kier alpha value is -2.41. The molecule has 0 bridgehead atoms. The van der Waals surface area contributed by atoms with Crippen molar-refractivity contribution in [1.82, 2.24) is 9.78 Å². The fourth-order valence-corrected chi connectivity index (χ4v) is 2.01. The number of nitro groups is 1. The van der Waals surface area contributed by atoms with Crippen LogP contribution in [0.1, 0.15) is 31.0 Å². The van der Waals surface area contributed by atoms with E-state index in [1.807, 2.05) is 13.8 Å². The number of aromatic nitrogens is 2. The third-order valence-corrected chi connectivity index (χ3v) is 3.02. The molecule has 2 aromatic rings. The maximum absolute atomic E-state index is 11.3. The van der Waals surface area contributed by atoms with Crippen molar-refractivity contribution >= 4 is 5.69 Å². The molecule has 0 aliphatic rings. The van der Waals surface area contributed by atoms with Crippen LogP contribution in [0.2, 0.25) is 0 Å². The molecule has 7 nitrogen and oxygen atoms in total. The maximum Gasteiger partial charge on any atom is 0.354 e. The first-order chi connectivity index (χ1) is 9.93. The van der Waals surface area contributed by atoms with E-state index in [9.17, 15) is 10.1 Å². The summed E-state index contributed by atoms with van der Waals surface area (Å²) in [6.07, 6.45) is 0. The number of aliphatic hydroxyl groups excluding tert-OH is 1. The van der Waals surface area contributed by atoms with Gasteiger partial charge in [0.15, 0.2) is 0 Å². The molecule has 0 spiro atoms. The summed E-state index contributed by atoms with van der Waals surface area (Å²) in [4.78, 5) is 10.8. The molecule has 0 unspecified atom stereocenters. The largest absolute Gasteiger partial charge is 0.434 e. The fraction of sp³-hybridized carbons (Fsp3) is 0.357. The molecule has 0 aliphatic heterocycles. The Bertz CT molecular complexity index is 664. The van der Waals surface area contributed by atoms with Crippen molar-refractivity contribution in [3.8, 4) is 11.6 Å². The highest BCUT2D eigenvalue weighted by molar-refractivity contribution is 5.49. The second kappa shape index (κ2) is 5.92. The Balaban J connectivity index is 2.45. The molecular formula is C14H17N3O4. The van der Waals surface area contributed by atoms with Gasteiger partial charge in [0.25, 0.3) is 5.88 Å². The quantitative estimate of drug-likeness (QED) is 0.675. The van der Waals surface area contributed by atoms with Gasteiger partial charge in [-0.1, -0.05) is 26.0 Å². The molecule has 0 aliphatic carbocycles.